The van der Waals surface area contributed by atoms with E-state index in [9.17, 15) is 4.39 Å². The summed E-state index contributed by atoms with van der Waals surface area (Å²) in [5, 5.41) is 3.27. The summed E-state index contributed by atoms with van der Waals surface area (Å²) in [7, 11) is 1.95. The molecule has 0 saturated carbocycles. The SMILES string of the molecule is CNC(CCC(C)C)Cc1ccccc1F. The van der Waals surface area contributed by atoms with Crippen LogP contribution in [-0.2, 0) is 6.42 Å². The average Bonchev–Trinajstić information content (AvgIpc) is 2.26. The van der Waals surface area contributed by atoms with Gasteiger partial charge in [-0.05, 0) is 43.9 Å². The van der Waals surface area contributed by atoms with Gasteiger partial charge in [-0.2, -0.15) is 0 Å². The first kappa shape index (κ1) is 13.2. The maximum Gasteiger partial charge on any atom is 0.126 e. The molecule has 1 aromatic carbocycles. The van der Waals surface area contributed by atoms with Gasteiger partial charge in [0, 0.05) is 6.04 Å². The Morgan fingerprint density at radius 2 is 1.88 bits per heavy atom. The molecular formula is C14H22FN. The largest absolute Gasteiger partial charge is 0.317 e. The summed E-state index contributed by atoms with van der Waals surface area (Å²) in [4.78, 5) is 0. The number of likely N-dealkylation sites (N-methyl/N-ethyl adjacent to an activating group) is 1. The highest BCUT2D eigenvalue weighted by atomic mass is 19.1. The first-order valence-electron chi connectivity index (χ1n) is 6.04. The van der Waals surface area contributed by atoms with Crippen LogP contribution < -0.4 is 5.32 Å². The standard InChI is InChI=1S/C14H22FN/c1-11(2)8-9-13(16-3)10-12-6-4-5-7-14(12)15/h4-7,11,13,16H,8-10H2,1-3H3. The summed E-state index contributed by atoms with van der Waals surface area (Å²) in [6.45, 7) is 4.44. The maximum absolute atomic E-state index is 13.5. The third-order valence-corrected chi connectivity index (χ3v) is 2.92. The molecule has 0 aliphatic rings. The Balaban J connectivity index is 2.53. The molecule has 0 fully saturated rings. The molecule has 0 amide bonds. The lowest BCUT2D eigenvalue weighted by Crippen LogP contribution is -2.28. The van der Waals surface area contributed by atoms with Crippen molar-refractivity contribution < 1.29 is 4.39 Å². The predicted octanol–water partition coefficient (Wildman–Crippen LogP) is 3.39. The van der Waals surface area contributed by atoms with Crippen molar-refractivity contribution in [3.05, 3.63) is 35.6 Å². The monoisotopic (exact) mass is 223 g/mol. The van der Waals surface area contributed by atoms with Gasteiger partial charge in [0.15, 0.2) is 0 Å². The molecule has 0 heterocycles. The predicted molar refractivity (Wildman–Crippen MR) is 67.0 cm³/mol. The van der Waals surface area contributed by atoms with Crippen LogP contribution in [0.25, 0.3) is 0 Å². The van der Waals surface area contributed by atoms with Crippen molar-refractivity contribution in [2.24, 2.45) is 5.92 Å². The lowest BCUT2D eigenvalue weighted by atomic mass is 9.98. The molecule has 90 valence electrons. The van der Waals surface area contributed by atoms with Crippen LogP contribution in [0.2, 0.25) is 0 Å². The zero-order valence-electron chi connectivity index (χ0n) is 10.5. The molecule has 16 heavy (non-hydrogen) atoms. The molecule has 2 heteroatoms. The van der Waals surface area contributed by atoms with Gasteiger partial charge in [0.2, 0.25) is 0 Å². The number of nitrogens with one attached hydrogen (secondary N) is 1. The highest BCUT2D eigenvalue weighted by Gasteiger charge is 2.10. The minimum atomic E-state index is -0.0905. The van der Waals surface area contributed by atoms with Crippen molar-refractivity contribution in [2.45, 2.75) is 39.2 Å². The molecule has 1 nitrogen and oxygen atoms in total. The number of hydrogen-bond acceptors (Lipinski definition) is 1. The molecule has 0 aliphatic carbocycles. The smallest absolute Gasteiger partial charge is 0.126 e. The van der Waals surface area contributed by atoms with E-state index in [1.807, 2.05) is 19.2 Å². The first-order chi connectivity index (χ1) is 7.63. The van der Waals surface area contributed by atoms with Crippen molar-refractivity contribution in [2.75, 3.05) is 7.05 Å². The maximum atomic E-state index is 13.5. The number of hydrogen-bond donors (Lipinski definition) is 1. The first-order valence-corrected chi connectivity index (χ1v) is 6.04. The van der Waals surface area contributed by atoms with Gasteiger partial charge in [0.25, 0.3) is 0 Å². The fourth-order valence-electron chi connectivity index (χ4n) is 1.81. The summed E-state index contributed by atoms with van der Waals surface area (Å²) in [6.07, 6.45) is 3.05. The van der Waals surface area contributed by atoms with E-state index in [-0.39, 0.29) is 5.82 Å². The molecule has 0 saturated heterocycles. The van der Waals surface area contributed by atoms with Crippen LogP contribution in [0.3, 0.4) is 0 Å². The second-order valence-electron chi connectivity index (χ2n) is 4.75. The minimum Gasteiger partial charge on any atom is -0.317 e. The Kier molecular flexibility index (Phi) is 5.47. The Morgan fingerprint density at radius 1 is 1.19 bits per heavy atom. The summed E-state index contributed by atoms with van der Waals surface area (Å²) >= 11 is 0. The van der Waals surface area contributed by atoms with Crippen molar-refractivity contribution >= 4 is 0 Å². The van der Waals surface area contributed by atoms with Crippen LogP contribution in [0.4, 0.5) is 4.39 Å². The molecule has 1 rings (SSSR count). The summed E-state index contributed by atoms with van der Waals surface area (Å²) in [5.74, 6) is 0.615. The highest BCUT2D eigenvalue weighted by Crippen LogP contribution is 2.13. The topological polar surface area (TPSA) is 12.0 Å². The van der Waals surface area contributed by atoms with Crippen LogP contribution in [-0.4, -0.2) is 13.1 Å². The van der Waals surface area contributed by atoms with Crippen LogP contribution in [0.5, 0.6) is 0 Å². The second kappa shape index (κ2) is 6.64. The molecule has 0 aliphatic heterocycles. The molecule has 1 unspecified atom stereocenters. The van der Waals surface area contributed by atoms with Crippen LogP contribution in [0.15, 0.2) is 24.3 Å². The van der Waals surface area contributed by atoms with E-state index >= 15 is 0 Å². The third kappa shape index (κ3) is 4.31. The molecule has 1 aromatic rings. The number of rotatable bonds is 6. The zero-order valence-corrected chi connectivity index (χ0v) is 10.5. The lowest BCUT2D eigenvalue weighted by molar-refractivity contribution is 0.445. The zero-order chi connectivity index (χ0) is 12.0. The normalized spacial score (nSPS) is 13.1. The Bertz CT molecular complexity index is 309. The molecule has 1 atom stereocenters. The number of benzene rings is 1. The van der Waals surface area contributed by atoms with Crippen LogP contribution in [0.1, 0.15) is 32.3 Å². The van der Waals surface area contributed by atoms with Gasteiger partial charge in [0.05, 0.1) is 0 Å². The van der Waals surface area contributed by atoms with Gasteiger partial charge < -0.3 is 5.32 Å². The Labute approximate surface area is 98.1 Å². The summed E-state index contributed by atoms with van der Waals surface area (Å²) < 4.78 is 13.5. The van der Waals surface area contributed by atoms with Gasteiger partial charge >= 0.3 is 0 Å². The quantitative estimate of drug-likeness (QED) is 0.779. The molecule has 0 aromatic heterocycles. The second-order valence-corrected chi connectivity index (χ2v) is 4.75. The lowest BCUT2D eigenvalue weighted by Gasteiger charge is -2.17. The van der Waals surface area contributed by atoms with E-state index < -0.39 is 0 Å². The summed E-state index contributed by atoms with van der Waals surface area (Å²) in [6, 6.07) is 7.41. The van der Waals surface area contributed by atoms with E-state index in [2.05, 4.69) is 19.2 Å². The van der Waals surface area contributed by atoms with Crippen molar-refractivity contribution in [1.82, 2.24) is 5.32 Å². The van der Waals surface area contributed by atoms with Gasteiger partial charge in [-0.15, -0.1) is 0 Å². The summed E-state index contributed by atoms with van der Waals surface area (Å²) in [5.41, 5.74) is 0.811. The van der Waals surface area contributed by atoms with Crippen molar-refractivity contribution in [1.29, 1.82) is 0 Å². The fourth-order valence-corrected chi connectivity index (χ4v) is 1.81. The highest BCUT2D eigenvalue weighted by molar-refractivity contribution is 5.18. The van der Waals surface area contributed by atoms with Gasteiger partial charge in [-0.25, -0.2) is 4.39 Å². The number of halogens is 1. The molecule has 1 N–H and O–H groups in total. The average molecular weight is 223 g/mol. The Hall–Kier alpha value is -0.890. The van der Waals surface area contributed by atoms with E-state index in [4.69, 9.17) is 0 Å². The van der Waals surface area contributed by atoms with E-state index in [1.165, 1.54) is 12.5 Å². The molecular weight excluding hydrogens is 201 g/mol. The molecule has 0 bridgehead atoms. The van der Waals surface area contributed by atoms with Crippen molar-refractivity contribution in [3.63, 3.8) is 0 Å². The van der Waals surface area contributed by atoms with Crippen LogP contribution >= 0.6 is 0 Å². The third-order valence-electron chi connectivity index (χ3n) is 2.92. The van der Waals surface area contributed by atoms with Crippen LogP contribution in [0, 0.1) is 11.7 Å². The van der Waals surface area contributed by atoms with E-state index in [1.54, 1.807) is 6.07 Å². The van der Waals surface area contributed by atoms with Gasteiger partial charge in [-0.1, -0.05) is 32.0 Å². The fraction of sp³-hybridized carbons (Fsp3) is 0.571. The van der Waals surface area contributed by atoms with E-state index in [0.29, 0.717) is 12.0 Å². The Morgan fingerprint density at radius 3 is 2.44 bits per heavy atom. The molecule has 0 spiro atoms. The van der Waals surface area contributed by atoms with Gasteiger partial charge in [-0.3, -0.25) is 0 Å². The minimum absolute atomic E-state index is 0.0905. The van der Waals surface area contributed by atoms with Crippen molar-refractivity contribution in [3.8, 4) is 0 Å². The van der Waals surface area contributed by atoms with Gasteiger partial charge in [0.1, 0.15) is 5.82 Å². The van der Waals surface area contributed by atoms with E-state index in [0.717, 1.165) is 18.4 Å². The molecule has 0 radical (unpaired) electrons.